The monoisotopic (exact) mass is 953 g/mol. The van der Waals surface area contributed by atoms with Gasteiger partial charge in [-0.3, -0.25) is 38.4 Å². The molecule has 8 amide bonds. The zero-order valence-electron chi connectivity index (χ0n) is 41.9. The first-order valence-electron chi connectivity index (χ1n) is 24.9. The molecule has 0 aliphatic carbocycles. The highest BCUT2D eigenvalue weighted by Crippen LogP contribution is 2.25. The molecule has 18 heteroatoms. The highest BCUT2D eigenvalue weighted by Gasteiger charge is 2.44. The maximum Gasteiger partial charge on any atom is 0.246 e. The van der Waals surface area contributed by atoms with E-state index >= 15 is 0 Å². The van der Waals surface area contributed by atoms with Gasteiger partial charge in [0, 0.05) is 19.5 Å². The Labute approximate surface area is 402 Å². The Morgan fingerprint density at radius 1 is 0.574 bits per heavy atom. The lowest BCUT2D eigenvalue weighted by Gasteiger charge is -2.35. The quantitative estimate of drug-likeness (QED) is 0.161. The van der Waals surface area contributed by atoms with E-state index in [0.29, 0.717) is 44.1 Å². The van der Waals surface area contributed by atoms with Crippen molar-refractivity contribution in [3.8, 4) is 5.75 Å². The van der Waals surface area contributed by atoms with E-state index in [1.54, 1.807) is 26.0 Å². The fourth-order valence-electron chi connectivity index (χ4n) is 9.35. The Morgan fingerprint density at radius 2 is 1.06 bits per heavy atom. The zero-order valence-corrected chi connectivity index (χ0v) is 41.9. The lowest BCUT2D eigenvalue weighted by Crippen LogP contribution is -2.62. The van der Waals surface area contributed by atoms with Crippen molar-refractivity contribution < 1.29 is 48.6 Å². The van der Waals surface area contributed by atoms with Gasteiger partial charge in [0.05, 0.1) is 18.6 Å². The molecule has 380 valence electrons. The summed E-state index contributed by atoms with van der Waals surface area (Å²) >= 11 is 0. The lowest BCUT2D eigenvalue weighted by atomic mass is 9.93. The summed E-state index contributed by atoms with van der Waals surface area (Å²) < 4.78 is 0. The molecule has 3 fully saturated rings. The number of carbonyl (C=O) groups is 8. The summed E-state index contributed by atoms with van der Waals surface area (Å²) in [5, 5.41) is 38.8. The van der Waals surface area contributed by atoms with Crippen LogP contribution in [-0.4, -0.2) is 135 Å². The summed E-state index contributed by atoms with van der Waals surface area (Å²) in [7, 11) is 0. The Balaban J connectivity index is 1.79. The number of aromatic hydroxyl groups is 1. The number of benzene rings is 1. The molecule has 1 aromatic carbocycles. The van der Waals surface area contributed by atoms with Crippen molar-refractivity contribution in [1.29, 1.82) is 0 Å². The fourth-order valence-corrected chi connectivity index (χ4v) is 9.35. The number of phenols is 1. The molecule has 0 spiro atoms. The highest BCUT2D eigenvalue weighted by molar-refractivity contribution is 5.98. The first-order valence-corrected chi connectivity index (χ1v) is 24.9. The van der Waals surface area contributed by atoms with Gasteiger partial charge in [-0.25, -0.2) is 0 Å². The Hall–Kier alpha value is -5.26. The van der Waals surface area contributed by atoms with E-state index in [4.69, 9.17) is 0 Å². The average molecular weight is 953 g/mol. The van der Waals surface area contributed by atoms with Crippen LogP contribution in [0.1, 0.15) is 133 Å². The molecule has 1 aromatic rings. The maximum atomic E-state index is 14.6. The molecule has 0 aromatic heterocycles. The highest BCUT2D eigenvalue weighted by atomic mass is 16.3. The molecule has 3 aliphatic heterocycles. The molecule has 18 nitrogen and oxygen atoms in total. The van der Waals surface area contributed by atoms with Crippen molar-refractivity contribution in [3.63, 3.8) is 0 Å². The summed E-state index contributed by atoms with van der Waals surface area (Å²) in [5.41, 5.74) is 0.582. The Morgan fingerprint density at radius 3 is 1.59 bits per heavy atom. The number of amides is 8. The molecule has 3 aliphatic rings. The molecule has 68 heavy (non-hydrogen) atoms. The first kappa shape index (κ1) is 55.3. The number of nitrogens with one attached hydrogen (secondary N) is 6. The van der Waals surface area contributed by atoms with Crippen LogP contribution >= 0.6 is 0 Å². The van der Waals surface area contributed by atoms with Crippen LogP contribution in [-0.2, 0) is 44.8 Å². The van der Waals surface area contributed by atoms with Crippen molar-refractivity contribution in [1.82, 2.24) is 41.7 Å². The molecular formula is C50H80N8O10. The molecule has 8 N–H and O–H groups in total. The van der Waals surface area contributed by atoms with Crippen LogP contribution in [0.25, 0.3) is 0 Å². The van der Waals surface area contributed by atoms with Gasteiger partial charge in [0.1, 0.15) is 48.0 Å². The van der Waals surface area contributed by atoms with Crippen LogP contribution in [0, 0.1) is 29.6 Å². The van der Waals surface area contributed by atoms with Gasteiger partial charge in [-0.15, -0.1) is 0 Å². The van der Waals surface area contributed by atoms with Crippen molar-refractivity contribution in [2.45, 2.75) is 188 Å². The number of aliphatic hydroxyl groups excluding tert-OH is 1. The van der Waals surface area contributed by atoms with Gasteiger partial charge < -0.3 is 51.9 Å². The van der Waals surface area contributed by atoms with Crippen LogP contribution in [0.3, 0.4) is 0 Å². The number of nitrogens with zero attached hydrogens (tertiary/aromatic N) is 2. The van der Waals surface area contributed by atoms with Crippen molar-refractivity contribution in [2.24, 2.45) is 29.6 Å². The SMILES string of the molecule is CCC(C)[C@@H]1NC(=O)[C@H](CC(C)C)NC(=O)[C@H]2CCCN2C(=O)[C@H](C(C)C)NC(=O)[C@H](Cc2ccc(O)cc2)NC(=O)C[C@@H](O)[C@@H](CC(C)C)NC(=O)[C@@H]2CCCN2C(=O)[C@H](C(C)CC)NC1=O. The summed E-state index contributed by atoms with van der Waals surface area (Å²) in [6, 6.07) is -2.37. The van der Waals surface area contributed by atoms with Gasteiger partial charge in [0.25, 0.3) is 0 Å². The van der Waals surface area contributed by atoms with Crippen LogP contribution < -0.4 is 31.9 Å². The predicted molar refractivity (Wildman–Crippen MR) is 256 cm³/mol. The third kappa shape index (κ3) is 14.9. The van der Waals surface area contributed by atoms with Gasteiger partial charge in [0.2, 0.25) is 47.3 Å². The van der Waals surface area contributed by atoms with Crippen LogP contribution in [0.4, 0.5) is 0 Å². The number of aliphatic hydroxyl groups is 1. The van der Waals surface area contributed by atoms with Gasteiger partial charge in [0.15, 0.2) is 0 Å². The zero-order chi connectivity index (χ0) is 50.6. The second-order valence-corrected chi connectivity index (χ2v) is 20.6. The molecule has 3 saturated heterocycles. The molecule has 3 heterocycles. The molecule has 4 rings (SSSR count). The summed E-state index contributed by atoms with van der Waals surface area (Å²) in [4.78, 5) is 117. The van der Waals surface area contributed by atoms with E-state index in [1.165, 1.54) is 21.9 Å². The molecule has 0 saturated carbocycles. The minimum absolute atomic E-state index is 0.00307. The molecule has 11 atom stereocenters. The van der Waals surface area contributed by atoms with Crippen LogP contribution in [0.15, 0.2) is 24.3 Å². The Kier molecular flexibility index (Phi) is 20.7. The number of fused-ring (bicyclic) bond motifs is 2. The minimum Gasteiger partial charge on any atom is -0.508 e. The molecule has 0 radical (unpaired) electrons. The Bertz CT molecular complexity index is 1930. The second kappa shape index (κ2) is 25.4. The van der Waals surface area contributed by atoms with Gasteiger partial charge in [-0.2, -0.15) is 0 Å². The van der Waals surface area contributed by atoms with Crippen molar-refractivity contribution in [3.05, 3.63) is 29.8 Å². The van der Waals surface area contributed by atoms with Crippen LogP contribution in [0.2, 0.25) is 0 Å². The van der Waals surface area contributed by atoms with Crippen molar-refractivity contribution >= 4 is 47.3 Å². The smallest absolute Gasteiger partial charge is 0.246 e. The van der Waals surface area contributed by atoms with E-state index < -0.39 is 120 Å². The van der Waals surface area contributed by atoms with Crippen LogP contribution in [0.5, 0.6) is 5.75 Å². The topological polar surface area (TPSA) is 256 Å². The van der Waals surface area contributed by atoms with E-state index in [9.17, 15) is 48.6 Å². The van der Waals surface area contributed by atoms with Crippen molar-refractivity contribution in [2.75, 3.05) is 13.1 Å². The normalized spacial score (nSPS) is 28.9. The summed E-state index contributed by atoms with van der Waals surface area (Å²) in [5.74, 6) is -5.98. The average Bonchev–Trinajstić information content (AvgIpc) is 3.99. The van der Waals surface area contributed by atoms with E-state index in [2.05, 4.69) is 31.9 Å². The van der Waals surface area contributed by atoms with Gasteiger partial charge in [-0.05, 0) is 85.8 Å². The third-order valence-corrected chi connectivity index (χ3v) is 13.8. The van der Waals surface area contributed by atoms with Gasteiger partial charge >= 0.3 is 0 Å². The number of phenolic OH excluding ortho intramolecular Hbond substituents is 1. The molecular weight excluding hydrogens is 873 g/mol. The second-order valence-electron chi connectivity index (χ2n) is 20.6. The lowest BCUT2D eigenvalue weighted by molar-refractivity contribution is -0.144. The largest absolute Gasteiger partial charge is 0.508 e. The van der Waals surface area contributed by atoms with E-state index in [-0.39, 0.29) is 55.9 Å². The summed E-state index contributed by atoms with van der Waals surface area (Å²) in [6.07, 6.45) is 1.13. The standard InChI is InChI=1S/C50H80N8O10/c1-11-30(9)42-48(66)56-43(31(10)12-2)50(68)58-22-14-15-37(58)46(64)52-34(23-27(3)4)39(60)26-40(61)51-36(25-32-17-19-33(59)20-18-32)45(63)54-41(29(7)8)49(67)57-21-13-16-38(57)47(65)53-35(24-28(5)6)44(62)55-42/h17-20,27-31,34-39,41-43,59-60H,11-16,21-26H2,1-10H3,(H,51,61)(H,52,64)(H,53,65)(H,54,63)(H,55,62)(H,56,66)/t30?,31?,34-,35+,36+,37+,38-,39-,41+,42+,43+/m1/s1. The molecule has 2 unspecified atom stereocenters. The number of carbonyl (C=O) groups excluding carboxylic acids is 8. The first-order chi connectivity index (χ1) is 32.1. The number of rotatable bonds is 11. The van der Waals surface area contributed by atoms with Gasteiger partial charge in [-0.1, -0.05) is 94.2 Å². The number of hydrogen-bond donors (Lipinski definition) is 8. The predicted octanol–water partition coefficient (Wildman–Crippen LogP) is 2.43. The minimum atomic E-state index is -1.41. The summed E-state index contributed by atoms with van der Waals surface area (Å²) in [6.45, 7) is 19.0. The van der Waals surface area contributed by atoms with E-state index in [0.717, 1.165) is 0 Å². The molecule has 0 bridgehead atoms. The number of hydrogen-bond acceptors (Lipinski definition) is 10. The van der Waals surface area contributed by atoms with E-state index in [1.807, 2.05) is 55.4 Å². The maximum absolute atomic E-state index is 14.6. The third-order valence-electron chi connectivity index (χ3n) is 13.8. The fraction of sp³-hybridized carbons (Fsp3) is 0.720.